The molecule has 0 fully saturated rings. The van der Waals surface area contributed by atoms with Crippen molar-refractivity contribution in [2.24, 2.45) is 5.92 Å². The molecule has 0 saturated heterocycles. The lowest BCUT2D eigenvalue weighted by Crippen LogP contribution is -2.29. The van der Waals surface area contributed by atoms with Crippen LogP contribution in [0.5, 0.6) is 0 Å². The van der Waals surface area contributed by atoms with Gasteiger partial charge in [0, 0.05) is 17.8 Å². The van der Waals surface area contributed by atoms with E-state index in [0.29, 0.717) is 0 Å². The standard InChI is InChI=1S/C15H25N3/c1-4-8-16-10-12-6-7-14-13(9-12)11(3)17-15(5-2)18-14/h12,16H,4-10H2,1-3H3. The lowest BCUT2D eigenvalue weighted by Gasteiger charge is -2.25. The second kappa shape index (κ2) is 6.28. The summed E-state index contributed by atoms with van der Waals surface area (Å²) in [7, 11) is 0. The number of nitrogens with zero attached hydrogens (tertiary/aromatic N) is 2. The van der Waals surface area contributed by atoms with Gasteiger partial charge < -0.3 is 5.32 Å². The van der Waals surface area contributed by atoms with E-state index < -0.39 is 0 Å². The summed E-state index contributed by atoms with van der Waals surface area (Å²) in [5.74, 6) is 1.77. The second-order valence-electron chi connectivity index (χ2n) is 5.32. The molecule has 0 amide bonds. The Labute approximate surface area is 110 Å². The molecular formula is C15H25N3. The highest BCUT2D eigenvalue weighted by Crippen LogP contribution is 2.25. The van der Waals surface area contributed by atoms with Crippen LogP contribution in [-0.2, 0) is 19.3 Å². The van der Waals surface area contributed by atoms with E-state index in [1.807, 2.05) is 0 Å². The van der Waals surface area contributed by atoms with E-state index in [4.69, 9.17) is 4.98 Å². The third-order valence-electron chi connectivity index (χ3n) is 3.80. The zero-order valence-electron chi connectivity index (χ0n) is 11.9. The van der Waals surface area contributed by atoms with Crippen molar-refractivity contribution in [3.63, 3.8) is 0 Å². The monoisotopic (exact) mass is 247 g/mol. The molecule has 0 saturated carbocycles. The molecule has 3 nitrogen and oxygen atoms in total. The Morgan fingerprint density at radius 2 is 2.11 bits per heavy atom. The molecule has 1 aromatic rings. The third kappa shape index (κ3) is 3.08. The lowest BCUT2D eigenvalue weighted by atomic mass is 9.85. The topological polar surface area (TPSA) is 37.8 Å². The number of nitrogens with one attached hydrogen (secondary N) is 1. The van der Waals surface area contributed by atoms with Crippen molar-refractivity contribution in [3.8, 4) is 0 Å². The Morgan fingerprint density at radius 1 is 1.28 bits per heavy atom. The molecule has 1 heterocycles. The Balaban J connectivity index is 2.05. The van der Waals surface area contributed by atoms with Gasteiger partial charge in [-0.15, -0.1) is 0 Å². The van der Waals surface area contributed by atoms with E-state index in [1.165, 1.54) is 29.8 Å². The summed E-state index contributed by atoms with van der Waals surface area (Å²) in [6.45, 7) is 8.76. The maximum absolute atomic E-state index is 4.69. The van der Waals surface area contributed by atoms with Gasteiger partial charge >= 0.3 is 0 Å². The summed E-state index contributed by atoms with van der Waals surface area (Å²) < 4.78 is 0. The molecule has 100 valence electrons. The van der Waals surface area contributed by atoms with Gasteiger partial charge in [-0.3, -0.25) is 0 Å². The molecule has 1 aliphatic rings. The minimum atomic E-state index is 0.763. The van der Waals surface area contributed by atoms with Crippen LogP contribution in [0.2, 0.25) is 0 Å². The van der Waals surface area contributed by atoms with Gasteiger partial charge in [-0.2, -0.15) is 0 Å². The van der Waals surface area contributed by atoms with E-state index in [2.05, 4.69) is 31.1 Å². The Hall–Kier alpha value is -0.960. The van der Waals surface area contributed by atoms with Crippen LogP contribution in [0.15, 0.2) is 0 Å². The van der Waals surface area contributed by atoms with Crippen molar-refractivity contribution in [1.29, 1.82) is 0 Å². The van der Waals surface area contributed by atoms with Crippen LogP contribution in [0, 0.1) is 12.8 Å². The molecule has 1 N–H and O–H groups in total. The largest absolute Gasteiger partial charge is 0.316 e. The summed E-state index contributed by atoms with van der Waals surface area (Å²) in [6.07, 6.45) is 5.70. The molecule has 3 heteroatoms. The van der Waals surface area contributed by atoms with E-state index in [-0.39, 0.29) is 0 Å². The highest BCUT2D eigenvalue weighted by atomic mass is 14.9. The first kappa shape index (κ1) is 13.5. The average Bonchev–Trinajstić information content (AvgIpc) is 2.39. The van der Waals surface area contributed by atoms with Crippen LogP contribution < -0.4 is 5.32 Å². The summed E-state index contributed by atoms with van der Waals surface area (Å²) in [5.41, 5.74) is 3.94. The first-order valence-corrected chi connectivity index (χ1v) is 7.30. The van der Waals surface area contributed by atoms with Gasteiger partial charge in [0.05, 0.1) is 0 Å². The molecule has 1 unspecified atom stereocenters. The van der Waals surface area contributed by atoms with Gasteiger partial charge in [-0.05, 0) is 57.2 Å². The normalized spacial score (nSPS) is 18.7. The number of hydrogen-bond acceptors (Lipinski definition) is 3. The number of aromatic nitrogens is 2. The molecular weight excluding hydrogens is 222 g/mol. The smallest absolute Gasteiger partial charge is 0.128 e. The molecule has 0 radical (unpaired) electrons. The fraction of sp³-hybridized carbons (Fsp3) is 0.733. The number of fused-ring (bicyclic) bond motifs is 1. The number of hydrogen-bond donors (Lipinski definition) is 1. The molecule has 2 rings (SSSR count). The highest BCUT2D eigenvalue weighted by molar-refractivity contribution is 5.28. The fourth-order valence-electron chi connectivity index (χ4n) is 2.74. The summed E-state index contributed by atoms with van der Waals surface area (Å²) in [6, 6.07) is 0. The van der Waals surface area contributed by atoms with Crippen molar-refractivity contribution in [2.75, 3.05) is 13.1 Å². The quantitative estimate of drug-likeness (QED) is 0.812. The Morgan fingerprint density at radius 3 is 2.83 bits per heavy atom. The molecule has 0 spiro atoms. The second-order valence-corrected chi connectivity index (χ2v) is 5.32. The van der Waals surface area contributed by atoms with Gasteiger partial charge in [-0.1, -0.05) is 13.8 Å². The summed E-state index contributed by atoms with van der Waals surface area (Å²) in [5, 5.41) is 3.54. The Kier molecular flexibility index (Phi) is 4.70. The number of rotatable bonds is 5. The number of aryl methyl sites for hydroxylation is 3. The maximum Gasteiger partial charge on any atom is 0.128 e. The van der Waals surface area contributed by atoms with Crippen molar-refractivity contribution in [2.45, 2.75) is 52.9 Å². The van der Waals surface area contributed by atoms with E-state index in [0.717, 1.165) is 44.1 Å². The van der Waals surface area contributed by atoms with E-state index in [1.54, 1.807) is 0 Å². The van der Waals surface area contributed by atoms with Crippen molar-refractivity contribution in [1.82, 2.24) is 15.3 Å². The molecule has 1 aliphatic carbocycles. The van der Waals surface area contributed by atoms with Gasteiger partial charge in [0.25, 0.3) is 0 Å². The Bertz CT molecular complexity index is 401. The maximum atomic E-state index is 4.69. The molecule has 18 heavy (non-hydrogen) atoms. The minimum Gasteiger partial charge on any atom is -0.316 e. The van der Waals surface area contributed by atoms with Crippen LogP contribution in [0.1, 0.15) is 49.5 Å². The van der Waals surface area contributed by atoms with Gasteiger partial charge in [0.2, 0.25) is 0 Å². The molecule has 0 bridgehead atoms. The van der Waals surface area contributed by atoms with Crippen molar-refractivity contribution >= 4 is 0 Å². The van der Waals surface area contributed by atoms with Gasteiger partial charge in [-0.25, -0.2) is 9.97 Å². The summed E-state index contributed by atoms with van der Waals surface area (Å²) in [4.78, 5) is 9.30. The summed E-state index contributed by atoms with van der Waals surface area (Å²) >= 11 is 0. The zero-order valence-corrected chi connectivity index (χ0v) is 11.9. The molecule has 0 aliphatic heterocycles. The first-order valence-electron chi connectivity index (χ1n) is 7.30. The lowest BCUT2D eigenvalue weighted by molar-refractivity contribution is 0.418. The molecule has 0 aromatic carbocycles. The highest BCUT2D eigenvalue weighted by Gasteiger charge is 2.22. The average molecular weight is 247 g/mol. The van der Waals surface area contributed by atoms with Crippen LogP contribution >= 0.6 is 0 Å². The van der Waals surface area contributed by atoms with Crippen LogP contribution in [0.3, 0.4) is 0 Å². The van der Waals surface area contributed by atoms with E-state index in [9.17, 15) is 0 Å². The molecule has 1 aromatic heterocycles. The minimum absolute atomic E-state index is 0.763. The van der Waals surface area contributed by atoms with Gasteiger partial charge in [0.15, 0.2) is 0 Å². The molecule has 1 atom stereocenters. The van der Waals surface area contributed by atoms with Crippen LogP contribution in [0.4, 0.5) is 0 Å². The third-order valence-corrected chi connectivity index (χ3v) is 3.80. The predicted octanol–water partition coefficient (Wildman–Crippen LogP) is 2.45. The zero-order chi connectivity index (χ0) is 13.0. The van der Waals surface area contributed by atoms with Crippen molar-refractivity contribution < 1.29 is 0 Å². The fourth-order valence-corrected chi connectivity index (χ4v) is 2.74. The predicted molar refractivity (Wildman–Crippen MR) is 74.8 cm³/mol. The van der Waals surface area contributed by atoms with Crippen LogP contribution in [0.25, 0.3) is 0 Å². The van der Waals surface area contributed by atoms with Crippen LogP contribution in [-0.4, -0.2) is 23.1 Å². The SMILES string of the molecule is CCCNCC1CCc2nc(CC)nc(C)c2C1. The first-order chi connectivity index (χ1) is 8.74. The van der Waals surface area contributed by atoms with Gasteiger partial charge in [0.1, 0.15) is 5.82 Å². The van der Waals surface area contributed by atoms with E-state index >= 15 is 0 Å². The van der Waals surface area contributed by atoms with Crippen molar-refractivity contribution in [3.05, 3.63) is 22.8 Å².